The van der Waals surface area contributed by atoms with Crippen molar-refractivity contribution in [2.24, 2.45) is 11.8 Å². The molecule has 0 N–H and O–H groups in total. The lowest BCUT2D eigenvalue weighted by Crippen LogP contribution is -2.28. The molecule has 0 fully saturated rings. The topological polar surface area (TPSA) is 73.7 Å². The van der Waals surface area contributed by atoms with Crippen LogP contribution in [-0.4, -0.2) is 59.2 Å². The third-order valence-electron chi connectivity index (χ3n) is 13.3. The van der Waals surface area contributed by atoms with Gasteiger partial charge >= 0.3 is 11.9 Å². The molecular formula is C55H105N3O4. The zero-order chi connectivity index (χ0) is 45.0. The van der Waals surface area contributed by atoms with E-state index in [0.717, 1.165) is 64.1 Å². The van der Waals surface area contributed by atoms with Gasteiger partial charge in [0.15, 0.2) is 0 Å². The SMILES string of the molecule is CCCCCCCCC(CCCCCC)COC(=O)CCCCCCCN(CCCCCCCC(=O)OCC(CCCCCC)CCCCCCCC)CCCn1ccnc1C. The monoisotopic (exact) mass is 872 g/mol. The second-order valence-electron chi connectivity index (χ2n) is 19.3. The molecule has 1 aromatic heterocycles. The van der Waals surface area contributed by atoms with Gasteiger partial charge in [0.05, 0.1) is 13.2 Å². The molecular weight excluding hydrogens is 767 g/mol. The molecule has 0 saturated heterocycles. The fourth-order valence-corrected chi connectivity index (χ4v) is 9.04. The average Bonchev–Trinajstić information content (AvgIpc) is 3.69. The van der Waals surface area contributed by atoms with Crippen molar-refractivity contribution in [1.29, 1.82) is 0 Å². The molecule has 0 saturated carbocycles. The average molecular weight is 872 g/mol. The first-order valence-electron chi connectivity index (χ1n) is 27.4. The highest BCUT2D eigenvalue weighted by atomic mass is 16.5. The molecule has 1 rings (SSSR count). The Kier molecular flexibility index (Phi) is 41.6. The summed E-state index contributed by atoms with van der Waals surface area (Å²) in [5.41, 5.74) is 0. The van der Waals surface area contributed by atoms with Crippen molar-refractivity contribution in [2.45, 2.75) is 279 Å². The number of aryl methyl sites for hydroxylation is 2. The van der Waals surface area contributed by atoms with Crippen LogP contribution in [0.4, 0.5) is 0 Å². The number of carbonyl (C=O) groups excluding carboxylic acids is 2. The molecule has 0 aliphatic rings. The quantitative estimate of drug-likeness (QED) is 0.0480. The number of hydrogen-bond donors (Lipinski definition) is 0. The molecule has 0 aliphatic carbocycles. The van der Waals surface area contributed by atoms with Crippen molar-refractivity contribution < 1.29 is 19.1 Å². The standard InChI is InChI=1S/C55H105N3O4/c1-6-10-14-18-22-30-39-52(37-28-16-12-8-3)49-61-54(59)41-32-24-20-26-34-44-57(46-36-47-58-48-43-56-51(58)5)45-35-27-21-25-33-42-55(60)62-50-53(38-29-17-13-9-4)40-31-23-19-15-11-7-2/h43,48,52-53H,6-42,44-47,49-50H2,1-5H3. The van der Waals surface area contributed by atoms with Gasteiger partial charge in [-0.25, -0.2) is 4.98 Å². The van der Waals surface area contributed by atoms with Crippen LogP contribution in [0.3, 0.4) is 0 Å². The lowest BCUT2D eigenvalue weighted by atomic mass is 9.95. The van der Waals surface area contributed by atoms with Gasteiger partial charge in [-0.1, -0.05) is 195 Å². The molecule has 1 aromatic rings. The van der Waals surface area contributed by atoms with Gasteiger partial charge in [-0.2, -0.15) is 0 Å². The maximum absolute atomic E-state index is 12.7. The summed E-state index contributed by atoms with van der Waals surface area (Å²) < 4.78 is 14.0. The van der Waals surface area contributed by atoms with E-state index >= 15 is 0 Å². The summed E-state index contributed by atoms with van der Waals surface area (Å²) in [5.74, 6) is 2.20. The predicted octanol–water partition coefficient (Wildman–Crippen LogP) is 16.3. The maximum atomic E-state index is 12.7. The lowest BCUT2D eigenvalue weighted by Gasteiger charge is -2.22. The van der Waals surface area contributed by atoms with E-state index in [1.807, 2.05) is 6.20 Å². The number of aromatic nitrogens is 2. The Labute approximate surface area is 385 Å². The van der Waals surface area contributed by atoms with Crippen molar-refractivity contribution in [3.63, 3.8) is 0 Å². The number of esters is 2. The first-order valence-corrected chi connectivity index (χ1v) is 27.4. The molecule has 62 heavy (non-hydrogen) atoms. The zero-order valence-corrected chi connectivity index (χ0v) is 42.2. The molecule has 0 bridgehead atoms. The maximum Gasteiger partial charge on any atom is 0.305 e. The Morgan fingerprint density at radius 2 is 0.823 bits per heavy atom. The fourth-order valence-electron chi connectivity index (χ4n) is 9.04. The first kappa shape index (κ1) is 58.1. The molecule has 1 heterocycles. The van der Waals surface area contributed by atoms with Gasteiger partial charge < -0.3 is 18.9 Å². The Bertz CT molecular complexity index is 1050. The van der Waals surface area contributed by atoms with Gasteiger partial charge in [0, 0.05) is 31.8 Å². The van der Waals surface area contributed by atoms with Crippen LogP contribution in [0.25, 0.3) is 0 Å². The molecule has 7 heteroatoms. The number of hydrogen-bond acceptors (Lipinski definition) is 6. The van der Waals surface area contributed by atoms with Crippen molar-refractivity contribution in [3.8, 4) is 0 Å². The number of imidazole rings is 1. The highest BCUT2D eigenvalue weighted by Gasteiger charge is 2.14. The van der Waals surface area contributed by atoms with E-state index in [2.05, 4.69) is 55.3 Å². The minimum atomic E-state index is 0.0152. The van der Waals surface area contributed by atoms with E-state index < -0.39 is 0 Å². The van der Waals surface area contributed by atoms with E-state index in [9.17, 15) is 9.59 Å². The van der Waals surface area contributed by atoms with Crippen LogP contribution in [0.5, 0.6) is 0 Å². The van der Waals surface area contributed by atoms with Crippen LogP contribution in [0.1, 0.15) is 271 Å². The number of ether oxygens (including phenoxy) is 2. The minimum Gasteiger partial charge on any atom is -0.465 e. The minimum absolute atomic E-state index is 0.0152. The van der Waals surface area contributed by atoms with Crippen LogP contribution in [-0.2, 0) is 25.6 Å². The summed E-state index contributed by atoms with van der Waals surface area (Å²) in [6.07, 6.45) is 48.7. The highest BCUT2D eigenvalue weighted by molar-refractivity contribution is 5.69. The van der Waals surface area contributed by atoms with Gasteiger partial charge in [0.25, 0.3) is 0 Å². The van der Waals surface area contributed by atoms with Crippen LogP contribution >= 0.6 is 0 Å². The van der Waals surface area contributed by atoms with Gasteiger partial charge in [-0.3, -0.25) is 9.59 Å². The molecule has 2 unspecified atom stereocenters. The summed E-state index contributed by atoms with van der Waals surface area (Å²) in [7, 11) is 0. The van der Waals surface area contributed by atoms with Gasteiger partial charge in [0.1, 0.15) is 5.82 Å². The van der Waals surface area contributed by atoms with Gasteiger partial charge in [-0.05, 0) is 96.2 Å². The van der Waals surface area contributed by atoms with E-state index in [4.69, 9.17) is 9.47 Å². The number of carbonyl (C=O) groups is 2. The number of rotatable bonds is 48. The second-order valence-corrected chi connectivity index (χ2v) is 19.3. The van der Waals surface area contributed by atoms with Crippen LogP contribution in [0.2, 0.25) is 0 Å². The first-order chi connectivity index (χ1) is 30.4. The third-order valence-corrected chi connectivity index (χ3v) is 13.3. The molecule has 2 atom stereocenters. The summed E-state index contributed by atoms with van der Waals surface area (Å²) in [4.78, 5) is 32.4. The fraction of sp³-hybridized carbons (Fsp3) is 0.909. The summed E-state index contributed by atoms with van der Waals surface area (Å²) in [6, 6.07) is 0. The van der Waals surface area contributed by atoms with Crippen LogP contribution in [0, 0.1) is 18.8 Å². The Morgan fingerprint density at radius 3 is 1.21 bits per heavy atom. The van der Waals surface area contributed by atoms with E-state index in [1.165, 1.54) is 193 Å². The summed E-state index contributed by atoms with van der Waals surface area (Å²) in [5, 5.41) is 0. The van der Waals surface area contributed by atoms with Crippen molar-refractivity contribution in [2.75, 3.05) is 32.8 Å². The largest absolute Gasteiger partial charge is 0.465 e. The van der Waals surface area contributed by atoms with E-state index in [-0.39, 0.29) is 11.9 Å². The molecule has 0 aliphatic heterocycles. The van der Waals surface area contributed by atoms with Gasteiger partial charge in [-0.15, -0.1) is 0 Å². The second kappa shape index (κ2) is 44.3. The highest BCUT2D eigenvalue weighted by Crippen LogP contribution is 2.22. The predicted molar refractivity (Wildman–Crippen MR) is 266 cm³/mol. The van der Waals surface area contributed by atoms with Crippen molar-refractivity contribution in [1.82, 2.24) is 14.5 Å². The van der Waals surface area contributed by atoms with Crippen LogP contribution < -0.4 is 0 Å². The molecule has 7 nitrogen and oxygen atoms in total. The number of unbranched alkanes of at least 4 members (excludes halogenated alkanes) is 24. The molecule has 0 aromatic carbocycles. The van der Waals surface area contributed by atoms with E-state index in [0.29, 0.717) is 37.9 Å². The third kappa shape index (κ3) is 36.4. The van der Waals surface area contributed by atoms with Crippen molar-refractivity contribution in [3.05, 3.63) is 18.2 Å². The molecule has 0 spiro atoms. The lowest BCUT2D eigenvalue weighted by molar-refractivity contribution is -0.146. The van der Waals surface area contributed by atoms with Crippen molar-refractivity contribution >= 4 is 11.9 Å². The van der Waals surface area contributed by atoms with E-state index in [1.54, 1.807) is 0 Å². The van der Waals surface area contributed by atoms with Gasteiger partial charge in [0.2, 0.25) is 0 Å². The Balaban J connectivity index is 2.33. The number of nitrogens with zero attached hydrogens (tertiary/aromatic N) is 3. The summed E-state index contributed by atoms with van der Waals surface area (Å²) in [6.45, 7) is 16.9. The molecule has 0 radical (unpaired) electrons. The Morgan fingerprint density at radius 1 is 0.484 bits per heavy atom. The normalized spacial score (nSPS) is 12.6. The summed E-state index contributed by atoms with van der Waals surface area (Å²) >= 11 is 0. The smallest absolute Gasteiger partial charge is 0.305 e. The zero-order valence-electron chi connectivity index (χ0n) is 42.2. The Hall–Kier alpha value is -1.89. The molecule has 0 amide bonds. The molecule has 364 valence electrons. The van der Waals surface area contributed by atoms with Crippen LogP contribution in [0.15, 0.2) is 12.4 Å².